The van der Waals surface area contributed by atoms with Gasteiger partial charge in [-0.2, -0.15) is 5.26 Å². The fourth-order valence-electron chi connectivity index (χ4n) is 2.37. The fourth-order valence-corrected chi connectivity index (χ4v) is 2.64. The van der Waals surface area contributed by atoms with E-state index in [1.165, 1.54) is 5.56 Å². The molecular weight excluding hydrogens is 380 g/mol. The lowest BCUT2D eigenvalue weighted by molar-refractivity contribution is -0.121. The zero-order valence-corrected chi connectivity index (χ0v) is 15.6. The molecule has 0 saturated heterocycles. The number of carbonyl (C=O) groups excluding carboxylic acids is 1. The molecule has 1 heterocycles. The molecule has 2 N–H and O–H groups in total. The average molecular weight is 401 g/mol. The SMILES string of the molecule is N#Cc1cccnc1NCCNC(=O)CCCCc1ccc(Br)cc1. The van der Waals surface area contributed by atoms with Crippen LogP contribution in [0.5, 0.6) is 0 Å². The summed E-state index contributed by atoms with van der Waals surface area (Å²) < 4.78 is 1.08. The molecule has 25 heavy (non-hydrogen) atoms. The van der Waals surface area contributed by atoms with E-state index in [0.29, 0.717) is 30.9 Å². The maximum atomic E-state index is 11.8. The molecular formula is C19H21BrN4O. The quantitative estimate of drug-likeness (QED) is 0.629. The zero-order chi connectivity index (χ0) is 17.9. The number of pyridine rings is 1. The van der Waals surface area contributed by atoms with Crippen molar-refractivity contribution in [1.29, 1.82) is 5.26 Å². The number of nitrogens with one attached hydrogen (secondary N) is 2. The average Bonchev–Trinajstić information content (AvgIpc) is 2.64. The third-order valence-electron chi connectivity index (χ3n) is 3.70. The molecule has 0 aliphatic carbocycles. The van der Waals surface area contributed by atoms with Crippen LogP contribution in [-0.2, 0) is 11.2 Å². The fraction of sp³-hybridized carbons (Fsp3) is 0.316. The Morgan fingerprint density at radius 2 is 1.96 bits per heavy atom. The summed E-state index contributed by atoms with van der Waals surface area (Å²) in [7, 11) is 0. The van der Waals surface area contributed by atoms with Gasteiger partial charge in [0.05, 0.1) is 5.56 Å². The van der Waals surface area contributed by atoms with E-state index in [-0.39, 0.29) is 5.91 Å². The first-order valence-electron chi connectivity index (χ1n) is 8.29. The molecule has 130 valence electrons. The van der Waals surface area contributed by atoms with Gasteiger partial charge in [0.1, 0.15) is 11.9 Å². The largest absolute Gasteiger partial charge is 0.367 e. The summed E-state index contributed by atoms with van der Waals surface area (Å²) in [5.41, 5.74) is 1.79. The van der Waals surface area contributed by atoms with Crippen molar-refractivity contribution in [2.24, 2.45) is 0 Å². The molecule has 6 heteroatoms. The van der Waals surface area contributed by atoms with Gasteiger partial charge in [-0.1, -0.05) is 28.1 Å². The van der Waals surface area contributed by atoms with Crippen molar-refractivity contribution < 1.29 is 4.79 Å². The lowest BCUT2D eigenvalue weighted by Gasteiger charge is -2.08. The third-order valence-corrected chi connectivity index (χ3v) is 4.23. The van der Waals surface area contributed by atoms with Crippen molar-refractivity contribution in [2.45, 2.75) is 25.7 Å². The minimum atomic E-state index is 0.0548. The van der Waals surface area contributed by atoms with Gasteiger partial charge in [-0.15, -0.1) is 0 Å². The van der Waals surface area contributed by atoms with E-state index >= 15 is 0 Å². The third kappa shape index (κ3) is 6.94. The number of unbranched alkanes of at least 4 members (excludes halogenated alkanes) is 1. The van der Waals surface area contributed by atoms with Gasteiger partial charge in [0, 0.05) is 30.2 Å². The van der Waals surface area contributed by atoms with Crippen LogP contribution < -0.4 is 10.6 Å². The second kappa shape index (κ2) is 10.5. The van der Waals surface area contributed by atoms with E-state index in [9.17, 15) is 4.79 Å². The minimum Gasteiger partial charge on any atom is -0.367 e. The molecule has 0 bridgehead atoms. The number of hydrogen-bond donors (Lipinski definition) is 2. The van der Waals surface area contributed by atoms with Gasteiger partial charge >= 0.3 is 0 Å². The molecule has 0 atom stereocenters. The number of carbonyl (C=O) groups is 1. The molecule has 1 amide bonds. The summed E-state index contributed by atoms with van der Waals surface area (Å²) in [5, 5.41) is 14.9. The molecule has 0 aliphatic heterocycles. The van der Waals surface area contributed by atoms with Gasteiger partial charge in [0.25, 0.3) is 0 Å². The van der Waals surface area contributed by atoms with Crippen molar-refractivity contribution in [3.05, 3.63) is 58.2 Å². The summed E-state index contributed by atoms with van der Waals surface area (Å²) in [6.07, 6.45) is 5.01. The van der Waals surface area contributed by atoms with Crippen molar-refractivity contribution >= 4 is 27.7 Å². The number of anilines is 1. The number of hydrogen-bond acceptors (Lipinski definition) is 4. The Kier molecular flexibility index (Phi) is 7.93. The van der Waals surface area contributed by atoms with Crippen molar-refractivity contribution in [3.63, 3.8) is 0 Å². The number of amides is 1. The molecule has 0 unspecified atom stereocenters. The van der Waals surface area contributed by atoms with E-state index < -0.39 is 0 Å². The Balaban J connectivity index is 1.56. The van der Waals surface area contributed by atoms with Crippen LogP contribution in [0.4, 0.5) is 5.82 Å². The molecule has 5 nitrogen and oxygen atoms in total. The normalized spacial score (nSPS) is 10.1. The highest BCUT2D eigenvalue weighted by atomic mass is 79.9. The van der Waals surface area contributed by atoms with Gasteiger partial charge in [-0.25, -0.2) is 4.98 Å². The molecule has 0 spiro atoms. The predicted octanol–water partition coefficient (Wildman–Crippen LogP) is 3.66. The monoisotopic (exact) mass is 400 g/mol. The number of aromatic nitrogens is 1. The maximum Gasteiger partial charge on any atom is 0.220 e. The van der Waals surface area contributed by atoms with E-state index in [1.807, 2.05) is 12.1 Å². The van der Waals surface area contributed by atoms with Gasteiger partial charge in [0.15, 0.2) is 0 Å². The van der Waals surface area contributed by atoms with E-state index in [2.05, 4.69) is 49.7 Å². The first-order valence-corrected chi connectivity index (χ1v) is 9.08. The van der Waals surface area contributed by atoms with Crippen LogP contribution in [0.3, 0.4) is 0 Å². The lowest BCUT2D eigenvalue weighted by atomic mass is 10.1. The molecule has 1 aromatic heterocycles. The highest BCUT2D eigenvalue weighted by Gasteiger charge is 2.03. The smallest absolute Gasteiger partial charge is 0.220 e. The van der Waals surface area contributed by atoms with Gasteiger partial charge in [-0.05, 0) is 49.1 Å². The van der Waals surface area contributed by atoms with Crippen LogP contribution in [0.15, 0.2) is 47.1 Å². The second-order valence-corrected chi connectivity index (χ2v) is 6.54. The molecule has 1 aromatic carbocycles. The Morgan fingerprint density at radius 3 is 2.72 bits per heavy atom. The second-order valence-electron chi connectivity index (χ2n) is 5.62. The van der Waals surface area contributed by atoms with Gasteiger partial charge < -0.3 is 10.6 Å². The van der Waals surface area contributed by atoms with Gasteiger partial charge in [0.2, 0.25) is 5.91 Å². The summed E-state index contributed by atoms with van der Waals surface area (Å²) in [5.74, 6) is 0.605. The molecule has 0 saturated carbocycles. The number of nitrogens with zero attached hydrogens (tertiary/aromatic N) is 2. The van der Waals surface area contributed by atoms with Crippen LogP contribution >= 0.6 is 15.9 Å². The first-order chi connectivity index (χ1) is 12.2. The molecule has 0 aliphatic rings. The summed E-state index contributed by atoms with van der Waals surface area (Å²) in [6.45, 7) is 1.04. The number of rotatable bonds is 9. The van der Waals surface area contributed by atoms with Crippen LogP contribution in [0.2, 0.25) is 0 Å². The van der Waals surface area contributed by atoms with E-state index in [1.54, 1.807) is 18.3 Å². The summed E-state index contributed by atoms with van der Waals surface area (Å²) in [6, 6.07) is 13.8. The van der Waals surface area contributed by atoms with Crippen molar-refractivity contribution in [2.75, 3.05) is 18.4 Å². The summed E-state index contributed by atoms with van der Waals surface area (Å²) in [4.78, 5) is 15.9. The van der Waals surface area contributed by atoms with Crippen LogP contribution in [-0.4, -0.2) is 24.0 Å². The Bertz CT molecular complexity index is 725. The van der Waals surface area contributed by atoms with Gasteiger partial charge in [-0.3, -0.25) is 4.79 Å². The van der Waals surface area contributed by atoms with E-state index in [0.717, 1.165) is 23.7 Å². The Hall–Kier alpha value is -2.39. The zero-order valence-electron chi connectivity index (χ0n) is 14.0. The van der Waals surface area contributed by atoms with Crippen LogP contribution in [0.1, 0.15) is 30.4 Å². The molecule has 0 radical (unpaired) electrons. The Morgan fingerprint density at radius 1 is 1.16 bits per heavy atom. The number of aryl methyl sites for hydroxylation is 1. The summed E-state index contributed by atoms with van der Waals surface area (Å²) >= 11 is 3.42. The molecule has 2 rings (SSSR count). The standard InChI is InChI=1S/C19H21BrN4O/c20-17-9-7-15(8-10-17)4-1-2-6-18(25)22-12-13-24-19-16(14-21)5-3-11-23-19/h3,5,7-11H,1-2,4,6,12-13H2,(H,22,25)(H,23,24). The maximum absolute atomic E-state index is 11.8. The molecule has 2 aromatic rings. The number of benzene rings is 1. The highest BCUT2D eigenvalue weighted by Crippen LogP contribution is 2.13. The minimum absolute atomic E-state index is 0.0548. The van der Waals surface area contributed by atoms with Crippen LogP contribution in [0, 0.1) is 11.3 Å². The Labute approximate surface area is 156 Å². The molecule has 0 fully saturated rings. The topological polar surface area (TPSA) is 77.8 Å². The lowest BCUT2D eigenvalue weighted by Crippen LogP contribution is -2.28. The van der Waals surface area contributed by atoms with Crippen molar-refractivity contribution in [1.82, 2.24) is 10.3 Å². The highest BCUT2D eigenvalue weighted by molar-refractivity contribution is 9.10. The number of halogens is 1. The number of nitriles is 1. The first kappa shape index (κ1) is 18.9. The van der Waals surface area contributed by atoms with E-state index in [4.69, 9.17) is 5.26 Å². The van der Waals surface area contributed by atoms with Crippen molar-refractivity contribution in [3.8, 4) is 6.07 Å². The predicted molar refractivity (Wildman–Crippen MR) is 102 cm³/mol. The van der Waals surface area contributed by atoms with Crippen LogP contribution in [0.25, 0.3) is 0 Å².